The summed E-state index contributed by atoms with van der Waals surface area (Å²) in [6, 6.07) is 6.46. The van der Waals surface area contributed by atoms with Gasteiger partial charge in [0.2, 0.25) is 0 Å². The molecule has 0 atom stereocenters. The largest absolute Gasteiger partial charge is 0.378 e. The Kier molecular flexibility index (Phi) is 4.23. The number of morpholine rings is 1. The molecule has 0 radical (unpaired) electrons. The Hall–Kier alpha value is -2.31. The van der Waals surface area contributed by atoms with Crippen molar-refractivity contribution in [1.82, 2.24) is 15.0 Å². The van der Waals surface area contributed by atoms with Crippen LogP contribution in [-0.2, 0) is 4.74 Å². The van der Waals surface area contributed by atoms with Crippen LogP contribution < -0.4 is 4.90 Å². The molecule has 3 heterocycles. The predicted molar refractivity (Wildman–Crippen MR) is 95.5 cm³/mol. The molecule has 1 fully saturated rings. The maximum absolute atomic E-state index is 14.5. The van der Waals surface area contributed by atoms with E-state index in [-0.39, 0.29) is 0 Å². The molecule has 5 nitrogen and oxygen atoms in total. The Balaban J connectivity index is 1.94. The normalized spacial score (nSPS) is 14.9. The molecule has 0 N–H and O–H groups in total. The van der Waals surface area contributed by atoms with Gasteiger partial charge in [-0.25, -0.2) is 14.4 Å². The van der Waals surface area contributed by atoms with Crippen molar-refractivity contribution in [2.24, 2.45) is 0 Å². The molecule has 1 aliphatic heterocycles. The SMILES string of the molecule is Cc1cnc2c(-c3ccc(Cl)cc3F)nc(N3CCOCC3)cc2n1. The van der Waals surface area contributed by atoms with Gasteiger partial charge in [0.1, 0.15) is 22.8 Å². The van der Waals surface area contributed by atoms with Crippen LogP contribution in [0.25, 0.3) is 22.3 Å². The number of aromatic nitrogens is 3. The van der Waals surface area contributed by atoms with Gasteiger partial charge >= 0.3 is 0 Å². The molecule has 0 unspecified atom stereocenters. The first-order valence-corrected chi connectivity index (χ1v) is 8.42. The van der Waals surface area contributed by atoms with Crippen LogP contribution in [0.2, 0.25) is 5.02 Å². The number of aryl methyl sites for hydroxylation is 1. The highest BCUT2D eigenvalue weighted by Gasteiger charge is 2.19. The molecule has 0 amide bonds. The monoisotopic (exact) mass is 358 g/mol. The van der Waals surface area contributed by atoms with Crippen LogP contribution in [-0.4, -0.2) is 41.3 Å². The zero-order valence-corrected chi connectivity index (χ0v) is 14.4. The van der Waals surface area contributed by atoms with E-state index in [4.69, 9.17) is 21.3 Å². The second-order valence-corrected chi connectivity index (χ2v) is 6.37. The zero-order chi connectivity index (χ0) is 17.4. The van der Waals surface area contributed by atoms with Gasteiger partial charge in [-0.2, -0.15) is 0 Å². The lowest BCUT2D eigenvalue weighted by atomic mass is 10.1. The lowest BCUT2D eigenvalue weighted by molar-refractivity contribution is 0.122. The molecule has 25 heavy (non-hydrogen) atoms. The minimum absolute atomic E-state index is 0.344. The third-order valence-corrected chi connectivity index (χ3v) is 4.39. The van der Waals surface area contributed by atoms with Crippen molar-refractivity contribution in [2.45, 2.75) is 6.92 Å². The summed E-state index contributed by atoms with van der Waals surface area (Å²) >= 11 is 5.89. The van der Waals surface area contributed by atoms with Gasteiger partial charge < -0.3 is 9.64 Å². The maximum Gasteiger partial charge on any atom is 0.134 e. The van der Waals surface area contributed by atoms with E-state index in [1.165, 1.54) is 6.07 Å². The summed E-state index contributed by atoms with van der Waals surface area (Å²) in [5.74, 6) is 0.322. The average molecular weight is 359 g/mol. The molecule has 0 aliphatic carbocycles. The number of benzene rings is 1. The molecule has 0 spiro atoms. The van der Waals surface area contributed by atoms with Crippen molar-refractivity contribution in [2.75, 3.05) is 31.2 Å². The molecule has 0 saturated carbocycles. The van der Waals surface area contributed by atoms with E-state index in [2.05, 4.69) is 14.9 Å². The van der Waals surface area contributed by atoms with Crippen molar-refractivity contribution < 1.29 is 9.13 Å². The Labute approximate surface area is 149 Å². The summed E-state index contributed by atoms with van der Waals surface area (Å²) in [7, 11) is 0. The first-order valence-electron chi connectivity index (χ1n) is 8.04. The topological polar surface area (TPSA) is 51.1 Å². The van der Waals surface area contributed by atoms with Gasteiger partial charge in [-0.05, 0) is 25.1 Å². The van der Waals surface area contributed by atoms with E-state index in [1.54, 1.807) is 18.3 Å². The van der Waals surface area contributed by atoms with Crippen molar-refractivity contribution in [3.05, 3.63) is 47.0 Å². The van der Waals surface area contributed by atoms with Gasteiger partial charge in [0.15, 0.2) is 0 Å². The van der Waals surface area contributed by atoms with Gasteiger partial charge in [-0.15, -0.1) is 0 Å². The van der Waals surface area contributed by atoms with Crippen molar-refractivity contribution >= 4 is 28.5 Å². The number of hydrogen-bond donors (Lipinski definition) is 0. The van der Waals surface area contributed by atoms with Gasteiger partial charge in [0.25, 0.3) is 0 Å². The summed E-state index contributed by atoms with van der Waals surface area (Å²) in [6.45, 7) is 4.64. The number of fused-ring (bicyclic) bond motifs is 1. The van der Waals surface area contributed by atoms with Crippen LogP contribution in [0.4, 0.5) is 10.2 Å². The highest BCUT2D eigenvalue weighted by Crippen LogP contribution is 2.31. The molecule has 1 aromatic carbocycles. The van der Waals surface area contributed by atoms with Crippen molar-refractivity contribution in [3.8, 4) is 11.3 Å². The van der Waals surface area contributed by atoms with Gasteiger partial charge in [-0.1, -0.05) is 11.6 Å². The highest BCUT2D eigenvalue weighted by atomic mass is 35.5. The molecule has 0 bridgehead atoms. The molecular formula is C18H16ClFN4O. The molecule has 4 rings (SSSR count). The Morgan fingerprint density at radius 3 is 2.72 bits per heavy atom. The number of rotatable bonds is 2. The first-order chi connectivity index (χ1) is 12.1. The van der Waals surface area contributed by atoms with Crippen LogP contribution >= 0.6 is 11.6 Å². The van der Waals surface area contributed by atoms with Crippen LogP contribution in [0, 0.1) is 12.7 Å². The summed E-state index contributed by atoms with van der Waals surface area (Å²) in [5, 5.41) is 0.344. The Morgan fingerprint density at radius 2 is 1.96 bits per heavy atom. The van der Waals surface area contributed by atoms with Crippen LogP contribution in [0.5, 0.6) is 0 Å². The number of hydrogen-bond acceptors (Lipinski definition) is 5. The average Bonchev–Trinajstić information content (AvgIpc) is 2.61. The summed E-state index contributed by atoms with van der Waals surface area (Å²) in [6.07, 6.45) is 1.66. The second-order valence-electron chi connectivity index (χ2n) is 5.93. The fourth-order valence-corrected chi connectivity index (χ4v) is 3.08. The number of ether oxygens (including phenoxy) is 1. The van der Waals surface area contributed by atoms with Crippen LogP contribution in [0.15, 0.2) is 30.5 Å². The quantitative estimate of drug-likeness (QED) is 0.700. The highest BCUT2D eigenvalue weighted by molar-refractivity contribution is 6.30. The van der Waals surface area contributed by atoms with Gasteiger partial charge in [-0.3, -0.25) is 4.98 Å². The number of halogens is 2. The Morgan fingerprint density at radius 1 is 1.16 bits per heavy atom. The molecule has 2 aromatic heterocycles. The molecule has 1 saturated heterocycles. The fraction of sp³-hybridized carbons (Fsp3) is 0.278. The molecule has 7 heteroatoms. The lowest BCUT2D eigenvalue weighted by Crippen LogP contribution is -2.36. The standard InChI is InChI=1S/C18H16ClFN4O/c1-11-10-21-18-15(22-11)9-16(24-4-6-25-7-5-24)23-17(18)13-3-2-12(19)8-14(13)20/h2-3,8-10H,4-7H2,1H3. The molecule has 3 aromatic rings. The minimum atomic E-state index is -0.428. The second kappa shape index (κ2) is 6.54. The molecule has 128 valence electrons. The van der Waals surface area contributed by atoms with E-state index in [0.717, 1.165) is 24.6 Å². The van der Waals surface area contributed by atoms with Crippen molar-refractivity contribution in [1.29, 1.82) is 0 Å². The summed E-state index contributed by atoms with van der Waals surface area (Å²) in [5.41, 5.74) is 2.90. The van der Waals surface area contributed by atoms with E-state index in [0.29, 0.717) is 40.5 Å². The fourth-order valence-electron chi connectivity index (χ4n) is 2.92. The van der Waals surface area contributed by atoms with E-state index < -0.39 is 5.82 Å². The zero-order valence-electron chi connectivity index (χ0n) is 13.7. The third kappa shape index (κ3) is 3.15. The summed E-state index contributed by atoms with van der Waals surface area (Å²) in [4.78, 5) is 15.8. The predicted octanol–water partition coefficient (Wildman–Crippen LogP) is 3.63. The molecule has 1 aliphatic rings. The Bertz CT molecular complexity index is 944. The van der Waals surface area contributed by atoms with Crippen LogP contribution in [0.1, 0.15) is 5.69 Å². The lowest BCUT2D eigenvalue weighted by Gasteiger charge is -2.28. The molecular weight excluding hydrogens is 343 g/mol. The van der Waals surface area contributed by atoms with Gasteiger partial charge in [0, 0.05) is 35.9 Å². The summed E-state index contributed by atoms with van der Waals surface area (Å²) < 4.78 is 19.9. The first kappa shape index (κ1) is 16.2. The van der Waals surface area contributed by atoms with Crippen LogP contribution in [0.3, 0.4) is 0 Å². The number of pyridine rings is 1. The number of anilines is 1. The van der Waals surface area contributed by atoms with E-state index in [1.807, 2.05) is 13.0 Å². The maximum atomic E-state index is 14.5. The van der Waals surface area contributed by atoms with E-state index >= 15 is 0 Å². The minimum Gasteiger partial charge on any atom is -0.378 e. The smallest absolute Gasteiger partial charge is 0.134 e. The number of nitrogens with zero attached hydrogens (tertiary/aromatic N) is 4. The van der Waals surface area contributed by atoms with E-state index in [9.17, 15) is 4.39 Å². The van der Waals surface area contributed by atoms with Gasteiger partial charge in [0.05, 0.1) is 24.4 Å². The third-order valence-electron chi connectivity index (χ3n) is 4.16. The van der Waals surface area contributed by atoms with Crippen molar-refractivity contribution in [3.63, 3.8) is 0 Å².